The number of esters is 1. The summed E-state index contributed by atoms with van der Waals surface area (Å²) in [5.41, 5.74) is 3.64. The van der Waals surface area contributed by atoms with Crippen molar-refractivity contribution in [1.29, 1.82) is 0 Å². The van der Waals surface area contributed by atoms with Crippen molar-refractivity contribution in [3.63, 3.8) is 0 Å². The summed E-state index contributed by atoms with van der Waals surface area (Å²) >= 11 is 5.84. The number of benzene rings is 2. The number of hydrogen-bond donors (Lipinski definition) is 1. The van der Waals surface area contributed by atoms with E-state index in [4.69, 9.17) is 21.1 Å². The van der Waals surface area contributed by atoms with Crippen LogP contribution in [-0.4, -0.2) is 39.9 Å². The molecule has 0 radical (unpaired) electrons. The highest BCUT2D eigenvalue weighted by atomic mass is 35.5. The molecule has 1 amide bonds. The minimum Gasteiger partial charge on any atom is -0.493 e. The first-order valence-electron chi connectivity index (χ1n) is 10.3. The Kier molecular flexibility index (Phi) is 7.82. The first-order valence-corrected chi connectivity index (χ1v) is 10.7. The fraction of sp³-hybridized carbons (Fsp3) is 0.217. The second kappa shape index (κ2) is 10.8. The van der Waals surface area contributed by atoms with E-state index in [9.17, 15) is 19.7 Å². The Morgan fingerprint density at radius 3 is 2.49 bits per heavy atom. The Bertz CT molecular complexity index is 1300. The van der Waals surface area contributed by atoms with Crippen molar-refractivity contribution >= 4 is 35.4 Å². The van der Waals surface area contributed by atoms with Crippen molar-refractivity contribution in [2.45, 2.75) is 26.8 Å². The van der Waals surface area contributed by atoms with Gasteiger partial charge in [-0.05, 0) is 68.8 Å². The summed E-state index contributed by atoms with van der Waals surface area (Å²) in [5.74, 6) is -0.603. The molecule has 0 saturated heterocycles. The minimum absolute atomic E-state index is 0.128. The maximum Gasteiger partial charge on any atom is 0.343 e. The van der Waals surface area contributed by atoms with E-state index in [1.54, 1.807) is 43.3 Å². The van der Waals surface area contributed by atoms with E-state index in [1.807, 2.05) is 0 Å². The van der Waals surface area contributed by atoms with E-state index >= 15 is 0 Å². The third-order valence-corrected chi connectivity index (χ3v) is 5.33. The molecule has 0 spiro atoms. The van der Waals surface area contributed by atoms with E-state index in [2.05, 4.69) is 15.6 Å². The summed E-state index contributed by atoms with van der Waals surface area (Å²) in [4.78, 5) is 35.5. The van der Waals surface area contributed by atoms with Gasteiger partial charge >= 0.3 is 11.7 Å². The summed E-state index contributed by atoms with van der Waals surface area (Å²) in [7, 11) is 1.42. The molecule has 11 nitrogen and oxygen atoms in total. The number of aryl methyl sites for hydroxylation is 1. The Balaban J connectivity index is 1.67. The quantitative estimate of drug-likeness (QED) is 0.162. The third kappa shape index (κ3) is 5.82. The molecule has 2 aromatic carbocycles. The topological polar surface area (TPSA) is 138 Å². The lowest BCUT2D eigenvalue weighted by Crippen LogP contribution is -2.28. The Labute approximate surface area is 205 Å². The molecule has 3 aromatic rings. The lowest BCUT2D eigenvalue weighted by Gasteiger charge is -2.12. The second-order valence-electron chi connectivity index (χ2n) is 7.44. The smallest absolute Gasteiger partial charge is 0.343 e. The first-order chi connectivity index (χ1) is 16.6. The molecule has 0 aliphatic carbocycles. The van der Waals surface area contributed by atoms with Crippen LogP contribution in [0.5, 0.6) is 11.5 Å². The summed E-state index contributed by atoms with van der Waals surface area (Å²) in [6.45, 7) is 4.59. The molecular weight excluding hydrogens is 478 g/mol. The zero-order valence-corrected chi connectivity index (χ0v) is 20.1. The lowest BCUT2D eigenvalue weighted by atomic mass is 10.2. The van der Waals surface area contributed by atoms with Crippen molar-refractivity contribution in [3.05, 3.63) is 80.1 Å². The Morgan fingerprint density at radius 2 is 1.89 bits per heavy atom. The zero-order chi connectivity index (χ0) is 25.7. The van der Waals surface area contributed by atoms with Crippen molar-refractivity contribution in [3.8, 4) is 11.5 Å². The highest BCUT2D eigenvalue weighted by molar-refractivity contribution is 6.30. The maximum atomic E-state index is 12.5. The number of rotatable bonds is 8. The van der Waals surface area contributed by atoms with Gasteiger partial charge in [0.25, 0.3) is 5.91 Å². The van der Waals surface area contributed by atoms with Crippen molar-refractivity contribution in [2.75, 3.05) is 7.11 Å². The molecule has 1 N–H and O–H groups in total. The van der Waals surface area contributed by atoms with Gasteiger partial charge in [0.2, 0.25) is 0 Å². The van der Waals surface area contributed by atoms with Crippen LogP contribution in [0.15, 0.2) is 47.6 Å². The summed E-state index contributed by atoms with van der Waals surface area (Å²) < 4.78 is 12.0. The normalized spacial score (nSPS) is 11.8. The number of hydrazone groups is 1. The van der Waals surface area contributed by atoms with E-state index in [1.165, 1.54) is 37.9 Å². The van der Waals surface area contributed by atoms with Gasteiger partial charge in [-0.15, -0.1) is 0 Å². The number of nitrogens with zero attached hydrogens (tertiary/aromatic N) is 4. The van der Waals surface area contributed by atoms with Crippen molar-refractivity contribution in [1.82, 2.24) is 15.2 Å². The average molecular weight is 500 g/mol. The third-order valence-electron chi connectivity index (χ3n) is 5.07. The fourth-order valence-electron chi connectivity index (χ4n) is 3.26. The number of aromatic nitrogens is 2. The minimum atomic E-state index is -0.830. The number of hydrogen-bond acceptors (Lipinski definition) is 8. The predicted octanol–water partition coefficient (Wildman–Crippen LogP) is 4.00. The number of amides is 1. The zero-order valence-electron chi connectivity index (χ0n) is 19.3. The molecule has 0 saturated carbocycles. The van der Waals surface area contributed by atoms with Crippen LogP contribution in [-0.2, 0) is 4.79 Å². The number of carbonyl (C=O) groups excluding carboxylic acids is 2. The fourth-order valence-corrected chi connectivity index (χ4v) is 3.39. The van der Waals surface area contributed by atoms with E-state index in [-0.39, 0.29) is 28.6 Å². The van der Waals surface area contributed by atoms with Crippen LogP contribution in [0.1, 0.15) is 40.3 Å². The Hall–Kier alpha value is -4.25. The van der Waals surface area contributed by atoms with Crippen LogP contribution in [0, 0.1) is 24.0 Å². The molecule has 0 bridgehead atoms. The van der Waals surface area contributed by atoms with Crippen LogP contribution in [0.2, 0.25) is 5.02 Å². The summed E-state index contributed by atoms with van der Waals surface area (Å²) in [6.07, 6.45) is 1.38. The molecule has 0 aliphatic heterocycles. The van der Waals surface area contributed by atoms with Crippen LogP contribution < -0.4 is 14.9 Å². The molecule has 1 heterocycles. The largest absolute Gasteiger partial charge is 0.493 e. The van der Waals surface area contributed by atoms with Gasteiger partial charge in [-0.2, -0.15) is 10.2 Å². The average Bonchev–Trinajstić information content (AvgIpc) is 3.13. The highest BCUT2D eigenvalue weighted by Crippen LogP contribution is 2.29. The molecule has 0 aliphatic rings. The van der Waals surface area contributed by atoms with Crippen molar-refractivity contribution in [2.24, 2.45) is 5.10 Å². The molecule has 35 heavy (non-hydrogen) atoms. The van der Waals surface area contributed by atoms with E-state index in [0.717, 1.165) is 0 Å². The van der Waals surface area contributed by atoms with Gasteiger partial charge in [0.15, 0.2) is 11.5 Å². The van der Waals surface area contributed by atoms with Crippen LogP contribution in [0.4, 0.5) is 5.69 Å². The molecule has 3 rings (SSSR count). The van der Waals surface area contributed by atoms with Crippen LogP contribution in [0.3, 0.4) is 0 Å². The molecule has 12 heteroatoms. The summed E-state index contributed by atoms with van der Waals surface area (Å²) in [5, 5.41) is 19.7. The monoisotopic (exact) mass is 499 g/mol. The number of methoxy groups -OCH3 is 1. The lowest BCUT2D eigenvalue weighted by molar-refractivity contribution is -0.386. The summed E-state index contributed by atoms with van der Waals surface area (Å²) in [6, 6.07) is 10.2. The number of nitrogens with one attached hydrogen (secondary N) is 1. The molecule has 0 fully saturated rings. The number of ether oxygens (including phenoxy) is 2. The number of carbonyl (C=O) groups is 2. The van der Waals surface area contributed by atoms with Crippen LogP contribution >= 0.6 is 11.6 Å². The standard InChI is InChI=1S/C23H22ClN5O6/c1-13-21(29(32)33)14(2)28(27-13)15(3)22(30)26-25-12-16-5-10-19(20(11-16)34-4)35-23(31)17-6-8-18(24)9-7-17/h5-12,15H,1-4H3,(H,26,30). The van der Waals surface area contributed by atoms with Gasteiger partial charge in [-0.1, -0.05) is 11.6 Å². The number of halogens is 1. The van der Waals surface area contributed by atoms with Crippen LogP contribution in [0.25, 0.3) is 0 Å². The van der Waals surface area contributed by atoms with Gasteiger partial charge in [0.05, 0.1) is 23.8 Å². The van der Waals surface area contributed by atoms with E-state index in [0.29, 0.717) is 16.1 Å². The van der Waals surface area contributed by atoms with Gasteiger partial charge in [0, 0.05) is 5.02 Å². The molecule has 1 aromatic heterocycles. The second-order valence-corrected chi connectivity index (χ2v) is 7.87. The molecule has 182 valence electrons. The highest BCUT2D eigenvalue weighted by Gasteiger charge is 2.26. The Morgan fingerprint density at radius 1 is 1.20 bits per heavy atom. The van der Waals surface area contributed by atoms with Crippen molar-refractivity contribution < 1.29 is 24.0 Å². The van der Waals surface area contributed by atoms with E-state index < -0.39 is 22.8 Å². The molecular formula is C23H22ClN5O6. The van der Waals surface area contributed by atoms with Gasteiger partial charge in [-0.3, -0.25) is 19.6 Å². The van der Waals surface area contributed by atoms with Gasteiger partial charge < -0.3 is 9.47 Å². The molecule has 1 unspecified atom stereocenters. The SMILES string of the molecule is COc1cc(C=NNC(=O)C(C)n2nc(C)c([N+](=O)[O-])c2C)ccc1OC(=O)c1ccc(Cl)cc1. The first kappa shape index (κ1) is 25.4. The van der Waals surface area contributed by atoms with Gasteiger partial charge in [-0.25, -0.2) is 10.2 Å². The number of nitro groups is 1. The predicted molar refractivity (Wildman–Crippen MR) is 128 cm³/mol. The maximum absolute atomic E-state index is 12.5. The van der Waals surface area contributed by atoms with Gasteiger partial charge in [0.1, 0.15) is 17.4 Å². The molecule has 1 atom stereocenters.